The summed E-state index contributed by atoms with van der Waals surface area (Å²) in [5.74, 6) is 0. The number of aromatic nitrogens is 2. The van der Waals surface area contributed by atoms with Gasteiger partial charge in [-0.1, -0.05) is 0 Å². The van der Waals surface area contributed by atoms with Gasteiger partial charge in [-0.25, -0.2) is 4.79 Å². The summed E-state index contributed by atoms with van der Waals surface area (Å²) < 4.78 is 19.4. The van der Waals surface area contributed by atoms with Gasteiger partial charge in [0, 0.05) is 34.6 Å². The third-order valence-electron chi connectivity index (χ3n) is 4.07. The molecular weight excluding hydrogens is 414 g/mol. The summed E-state index contributed by atoms with van der Waals surface area (Å²) >= 11 is 0. The lowest BCUT2D eigenvalue weighted by Crippen LogP contribution is -2.41. The fourth-order valence-electron chi connectivity index (χ4n) is 2.70. The van der Waals surface area contributed by atoms with E-state index in [9.17, 15) is 34.5 Å². The van der Waals surface area contributed by atoms with Crippen molar-refractivity contribution in [3.8, 4) is 0 Å². The third kappa shape index (κ3) is 4.14. The molecule has 11 nitrogen and oxygen atoms in total. The molecule has 1 aliphatic heterocycles. The van der Waals surface area contributed by atoms with E-state index < -0.39 is 56.7 Å². The van der Waals surface area contributed by atoms with Crippen LogP contribution >= 0.6 is 10.8 Å². The fraction of sp³-hybridized carbons (Fsp3) is 0.333. The van der Waals surface area contributed by atoms with Crippen LogP contribution in [-0.4, -0.2) is 53.3 Å². The zero-order chi connectivity index (χ0) is 20.4. The van der Waals surface area contributed by atoms with Crippen LogP contribution in [0.2, 0.25) is 0 Å². The van der Waals surface area contributed by atoms with E-state index in [1.54, 1.807) is 0 Å². The van der Waals surface area contributed by atoms with Gasteiger partial charge in [0.15, 0.2) is 6.23 Å². The summed E-state index contributed by atoms with van der Waals surface area (Å²) in [6.45, 7) is -0.564. The quantitative estimate of drug-likeness (QED) is 0.237. The highest BCUT2D eigenvalue weighted by molar-refractivity contribution is 8.72. The first-order valence-corrected chi connectivity index (χ1v) is 10.5. The van der Waals surface area contributed by atoms with Crippen LogP contribution < -0.4 is 11.2 Å². The zero-order valence-electron chi connectivity index (χ0n) is 14.0. The van der Waals surface area contributed by atoms with E-state index in [1.807, 2.05) is 4.98 Å². The molecule has 28 heavy (non-hydrogen) atoms. The molecule has 0 amide bonds. The molecule has 0 bridgehead atoms. The molecule has 1 aromatic heterocycles. The first kappa shape index (κ1) is 20.6. The van der Waals surface area contributed by atoms with E-state index in [4.69, 9.17) is 4.74 Å². The van der Waals surface area contributed by atoms with Gasteiger partial charge >= 0.3 is 5.69 Å². The summed E-state index contributed by atoms with van der Waals surface area (Å²) in [5, 5.41) is 29.4. The predicted molar refractivity (Wildman–Crippen MR) is 99.2 cm³/mol. The number of hydrogen-bond acceptors (Lipinski definition) is 9. The number of H-pyrrole nitrogens is 1. The van der Waals surface area contributed by atoms with Crippen LogP contribution in [0, 0.1) is 10.1 Å². The molecule has 0 radical (unpaired) electrons. The Morgan fingerprint density at radius 2 is 1.96 bits per heavy atom. The number of aliphatic hydroxyl groups excluding tert-OH is 2. The number of ether oxygens (including phenoxy) is 1. The average molecular weight is 429 g/mol. The van der Waals surface area contributed by atoms with Crippen LogP contribution in [-0.2, 0) is 14.9 Å². The second-order valence-electron chi connectivity index (χ2n) is 5.82. The molecule has 13 heteroatoms. The summed E-state index contributed by atoms with van der Waals surface area (Å²) in [4.78, 5) is 36.0. The van der Waals surface area contributed by atoms with E-state index in [0.717, 1.165) is 27.6 Å². The van der Waals surface area contributed by atoms with E-state index in [0.29, 0.717) is 4.90 Å². The lowest BCUT2D eigenvalue weighted by Gasteiger charge is -2.23. The van der Waals surface area contributed by atoms with Gasteiger partial charge in [-0.05, 0) is 12.1 Å². The maximum absolute atomic E-state index is 12.9. The van der Waals surface area contributed by atoms with Gasteiger partial charge in [-0.3, -0.25) is 24.5 Å². The number of aliphatic hydroxyl groups is 2. The molecule has 150 valence electrons. The number of rotatable bonds is 6. The minimum Gasteiger partial charge on any atom is -0.604 e. The molecule has 0 saturated carbocycles. The smallest absolute Gasteiger partial charge is 0.330 e. The number of hydrogen-bond donors (Lipinski definition) is 3. The average Bonchev–Trinajstić information content (AvgIpc) is 2.98. The van der Waals surface area contributed by atoms with Crippen LogP contribution in [0.1, 0.15) is 6.23 Å². The standard InChI is InChI=1S/C15H15N3O8S2/c19-7-10-12(21)13(14(26-10)17-6-5-11(20)16-15(17)22)28(25)27-9-3-1-8(2-4-9)18(23)24/h1-6,10,12-14,19,21H,7H2,(H,16,20,22)/t10-,12?,13?,14-,28?/m1/s1. The van der Waals surface area contributed by atoms with Gasteiger partial charge in [0.2, 0.25) is 5.25 Å². The van der Waals surface area contributed by atoms with E-state index in [-0.39, 0.29) is 5.69 Å². The number of aromatic amines is 1. The monoisotopic (exact) mass is 429 g/mol. The second kappa shape index (κ2) is 8.46. The van der Waals surface area contributed by atoms with Gasteiger partial charge in [-0.15, -0.1) is 0 Å². The Labute approximate surface area is 163 Å². The lowest BCUT2D eigenvalue weighted by atomic mass is 10.2. The number of nitro groups is 1. The highest BCUT2D eigenvalue weighted by Gasteiger charge is 2.52. The topological polar surface area (TPSA) is 171 Å². The maximum Gasteiger partial charge on any atom is 0.330 e. The van der Waals surface area contributed by atoms with Crippen molar-refractivity contribution >= 4 is 26.7 Å². The fourth-order valence-corrected chi connectivity index (χ4v) is 5.90. The maximum atomic E-state index is 12.9. The molecular formula is C15H15N3O8S2. The van der Waals surface area contributed by atoms with Crippen molar-refractivity contribution in [2.24, 2.45) is 0 Å². The van der Waals surface area contributed by atoms with Gasteiger partial charge in [0.1, 0.15) is 23.0 Å². The normalized spacial score (nSPS) is 25.5. The summed E-state index contributed by atoms with van der Waals surface area (Å²) in [6.07, 6.45) is -2.46. The minimum absolute atomic E-state index is 0.127. The van der Waals surface area contributed by atoms with Crippen LogP contribution in [0.4, 0.5) is 5.69 Å². The Hall–Kier alpha value is -2.16. The molecule has 5 atom stereocenters. The Balaban J connectivity index is 1.87. The van der Waals surface area contributed by atoms with Crippen LogP contribution in [0.25, 0.3) is 0 Å². The Kier molecular flexibility index (Phi) is 6.22. The SMILES string of the molecule is O=c1ccn([C@@H]2O[C@H](CO)C(O)C2[S+]([O-])Sc2ccc([N+](=O)[O-])cc2)c(=O)[nH]1. The Bertz CT molecular complexity index is 963. The summed E-state index contributed by atoms with van der Waals surface area (Å²) in [6, 6.07) is 6.40. The Morgan fingerprint density at radius 1 is 1.29 bits per heavy atom. The summed E-state index contributed by atoms with van der Waals surface area (Å²) in [5.41, 5.74) is -1.57. The third-order valence-corrected chi connectivity index (χ3v) is 7.39. The van der Waals surface area contributed by atoms with Crippen molar-refractivity contribution in [2.45, 2.75) is 28.6 Å². The molecule has 0 spiro atoms. The van der Waals surface area contributed by atoms with Crippen LogP contribution in [0.15, 0.2) is 51.0 Å². The molecule has 0 aliphatic carbocycles. The molecule has 2 heterocycles. The lowest BCUT2D eigenvalue weighted by molar-refractivity contribution is -0.384. The largest absolute Gasteiger partial charge is 0.604 e. The van der Waals surface area contributed by atoms with Crippen molar-refractivity contribution < 1.29 is 24.4 Å². The van der Waals surface area contributed by atoms with Crippen molar-refractivity contribution in [1.82, 2.24) is 9.55 Å². The first-order chi connectivity index (χ1) is 13.3. The summed E-state index contributed by atoms with van der Waals surface area (Å²) in [7, 11) is -1.03. The van der Waals surface area contributed by atoms with Crippen LogP contribution in [0.3, 0.4) is 0 Å². The number of nitrogens with zero attached hydrogens (tertiary/aromatic N) is 2. The molecule has 3 N–H and O–H groups in total. The van der Waals surface area contributed by atoms with E-state index in [1.165, 1.54) is 24.3 Å². The van der Waals surface area contributed by atoms with Crippen molar-refractivity contribution in [2.75, 3.05) is 6.61 Å². The highest BCUT2D eigenvalue weighted by Crippen LogP contribution is 2.40. The predicted octanol–water partition coefficient (Wildman–Crippen LogP) is -0.480. The van der Waals surface area contributed by atoms with E-state index >= 15 is 0 Å². The van der Waals surface area contributed by atoms with Gasteiger partial charge in [-0.2, -0.15) is 0 Å². The minimum atomic E-state index is -1.85. The Morgan fingerprint density at radius 3 is 2.54 bits per heavy atom. The van der Waals surface area contributed by atoms with Gasteiger partial charge in [0.25, 0.3) is 11.2 Å². The molecule has 2 aromatic rings. The van der Waals surface area contributed by atoms with Crippen molar-refractivity contribution in [1.29, 1.82) is 0 Å². The number of non-ortho nitro benzene ring substituents is 1. The number of nitrogens with one attached hydrogen (secondary N) is 1. The zero-order valence-corrected chi connectivity index (χ0v) is 15.7. The molecule has 1 aliphatic rings. The van der Waals surface area contributed by atoms with Gasteiger partial charge in [0.05, 0.1) is 16.4 Å². The second-order valence-corrected chi connectivity index (χ2v) is 9.00. The molecule has 1 saturated heterocycles. The van der Waals surface area contributed by atoms with Crippen molar-refractivity contribution in [3.63, 3.8) is 0 Å². The molecule has 3 rings (SSSR count). The first-order valence-electron chi connectivity index (χ1n) is 7.91. The van der Waals surface area contributed by atoms with Crippen LogP contribution in [0.5, 0.6) is 0 Å². The number of benzene rings is 1. The van der Waals surface area contributed by atoms with Gasteiger partial charge < -0.3 is 19.5 Å². The molecule has 3 unspecified atom stereocenters. The van der Waals surface area contributed by atoms with E-state index in [2.05, 4.69) is 0 Å². The highest BCUT2D eigenvalue weighted by atomic mass is 33.1. The van der Waals surface area contributed by atoms with Crippen molar-refractivity contribution in [3.05, 3.63) is 67.5 Å². The number of nitro benzene ring substituents is 1. The molecule has 1 fully saturated rings. The molecule has 1 aromatic carbocycles.